The van der Waals surface area contributed by atoms with Crippen molar-refractivity contribution in [3.05, 3.63) is 23.9 Å². The SMILES string of the molecule is CC(C)c1cccc(N(C)S(C)(=O)=O)n1. The number of nitrogens with zero attached hydrogens (tertiary/aromatic N) is 2. The van der Waals surface area contributed by atoms with E-state index in [9.17, 15) is 8.42 Å². The molecule has 1 aromatic heterocycles. The van der Waals surface area contributed by atoms with Gasteiger partial charge in [-0.1, -0.05) is 19.9 Å². The summed E-state index contributed by atoms with van der Waals surface area (Å²) >= 11 is 0. The van der Waals surface area contributed by atoms with Crippen LogP contribution in [0.5, 0.6) is 0 Å². The van der Waals surface area contributed by atoms with Gasteiger partial charge in [-0.25, -0.2) is 13.4 Å². The Bertz CT molecular complexity index is 440. The van der Waals surface area contributed by atoms with Crippen LogP contribution in [0.4, 0.5) is 5.82 Å². The Morgan fingerprint density at radius 1 is 1.33 bits per heavy atom. The number of sulfonamides is 1. The lowest BCUT2D eigenvalue weighted by molar-refractivity contribution is 0.599. The van der Waals surface area contributed by atoms with Crippen molar-refractivity contribution in [3.8, 4) is 0 Å². The fourth-order valence-corrected chi connectivity index (χ4v) is 1.55. The lowest BCUT2D eigenvalue weighted by Crippen LogP contribution is -2.26. The zero-order valence-corrected chi connectivity index (χ0v) is 10.2. The molecule has 0 fully saturated rings. The second-order valence-corrected chi connectivity index (χ2v) is 5.82. The van der Waals surface area contributed by atoms with Gasteiger partial charge in [0.2, 0.25) is 10.0 Å². The number of hydrogen-bond donors (Lipinski definition) is 0. The van der Waals surface area contributed by atoms with E-state index in [1.165, 1.54) is 11.4 Å². The van der Waals surface area contributed by atoms with Gasteiger partial charge in [0.25, 0.3) is 0 Å². The highest BCUT2D eigenvalue weighted by Crippen LogP contribution is 2.17. The molecule has 84 valence electrons. The van der Waals surface area contributed by atoms with Gasteiger partial charge < -0.3 is 0 Å². The number of anilines is 1. The maximum Gasteiger partial charge on any atom is 0.233 e. The molecule has 0 aliphatic rings. The zero-order valence-electron chi connectivity index (χ0n) is 9.43. The van der Waals surface area contributed by atoms with E-state index in [4.69, 9.17) is 0 Å². The minimum absolute atomic E-state index is 0.290. The molecule has 1 rings (SSSR count). The Morgan fingerprint density at radius 3 is 2.40 bits per heavy atom. The predicted molar refractivity (Wildman–Crippen MR) is 61.6 cm³/mol. The van der Waals surface area contributed by atoms with Crippen molar-refractivity contribution in [2.45, 2.75) is 19.8 Å². The minimum atomic E-state index is -3.23. The van der Waals surface area contributed by atoms with E-state index in [1.54, 1.807) is 6.07 Å². The fourth-order valence-electron chi connectivity index (χ4n) is 1.11. The molecule has 5 heteroatoms. The molecular weight excluding hydrogens is 212 g/mol. The first-order valence-corrected chi connectivity index (χ1v) is 6.58. The first kappa shape index (κ1) is 12.0. The Balaban J connectivity index is 3.11. The molecule has 0 bridgehead atoms. The van der Waals surface area contributed by atoms with Crippen molar-refractivity contribution >= 4 is 15.8 Å². The Labute approximate surface area is 91.0 Å². The van der Waals surface area contributed by atoms with Gasteiger partial charge in [0, 0.05) is 12.7 Å². The molecule has 0 saturated heterocycles. The second-order valence-electron chi connectivity index (χ2n) is 3.81. The summed E-state index contributed by atoms with van der Waals surface area (Å²) in [5, 5.41) is 0. The standard InChI is InChI=1S/C10H16N2O2S/c1-8(2)9-6-5-7-10(11-9)12(3)15(4,13)14/h5-8H,1-4H3. The minimum Gasteiger partial charge on any atom is -0.257 e. The maximum atomic E-state index is 11.3. The van der Waals surface area contributed by atoms with Crippen molar-refractivity contribution in [2.24, 2.45) is 0 Å². The summed E-state index contributed by atoms with van der Waals surface area (Å²) in [6.45, 7) is 4.04. The van der Waals surface area contributed by atoms with Crippen LogP contribution in [0.25, 0.3) is 0 Å². The summed E-state index contributed by atoms with van der Waals surface area (Å²) < 4.78 is 23.8. The van der Waals surface area contributed by atoms with Gasteiger partial charge in [-0.2, -0.15) is 0 Å². The van der Waals surface area contributed by atoms with Gasteiger partial charge in [-0.15, -0.1) is 0 Å². The van der Waals surface area contributed by atoms with Crippen LogP contribution in [0.2, 0.25) is 0 Å². The van der Waals surface area contributed by atoms with Crippen molar-refractivity contribution in [1.29, 1.82) is 0 Å². The first-order valence-electron chi connectivity index (χ1n) is 4.73. The van der Waals surface area contributed by atoms with E-state index in [1.807, 2.05) is 26.0 Å². The molecule has 0 radical (unpaired) electrons. The number of rotatable bonds is 3. The molecule has 1 aromatic rings. The Morgan fingerprint density at radius 2 is 1.93 bits per heavy atom. The topological polar surface area (TPSA) is 50.3 Å². The maximum absolute atomic E-state index is 11.3. The van der Waals surface area contributed by atoms with Gasteiger partial charge in [0.05, 0.1) is 6.26 Å². The number of hydrogen-bond acceptors (Lipinski definition) is 3. The normalized spacial score (nSPS) is 11.8. The van der Waals surface area contributed by atoms with Crippen LogP contribution in [-0.4, -0.2) is 26.7 Å². The van der Waals surface area contributed by atoms with Crippen LogP contribution in [0.1, 0.15) is 25.5 Å². The van der Waals surface area contributed by atoms with Gasteiger partial charge in [-0.3, -0.25) is 4.31 Å². The van der Waals surface area contributed by atoms with Gasteiger partial charge in [0.1, 0.15) is 5.82 Å². The fraction of sp³-hybridized carbons (Fsp3) is 0.500. The van der Waals surface area contributed by atoms with E-state index >= 15 is 0 Å². The number of pyridine rings is 1. The summed E-state index contributed by atoms with van der Waals surface area (Å²) in [6.07, 6.45) is 1.16. The van der Waals surface area contributed by atoms with Crippen molar-refractivity contribution in [2.75, 3.05) is 17.6 Å². The molecule has 0 atom stereocenters. The largest absolute Gasteiger partial charge is 0.257 e. The molecular formula is C10H16N2O2S. The smallest absolute Gasteiger partial charge is 0.233 e. The van der Waals surface area contributed by atoms with E-state index in [2.05, 4.69) is 4.98 Å². The highest BCUT2D eigenvalue weighted by atomic mass is 32.2. The Kier molecular flexibility index (Phi) is 3.34. The summed E-state index contributed by atoms with van der Waals surface area (Å²) in [5.74, 6) is 0.751. The molecule has 1 heterocycles. The zero-order chi connectivity index (χ0) is 11.6. The highest BCUT2D eigenvalue weighted by Gasteiger charge is 2.13. The van der Waals surface area contributed by atoms with Gasteiger partial charge in [0.15, 0.2) is 0 Å². The molecule has 0 aromatic carbocycles. The van der Waals surface area contributed by atoms with Crippen LogP contribution in [-0.2, 0) is 10.0 Å². The van der Waals surface area contributed by atoms with Gasteiger partial charge in [-0.05, 0) is 18.1 Å². The third-order valence-corrected chi connectivity index (χ3v) is 3.35. The summed E-state index contributed by atoms with van der Waals surface area (Å²) in [5.41, 5.74) is 0.892. The molecule has 0 saturated carbocycles. The van der Waals surface area contributed by atoms with Crippen molar-refractivity contribution in [1.82, 2.24) is 4.98 Å². The van der Waals surface area contributed by atoms with E-state index in [-0.39, 0.29) is 5.92 Å². The molecule has 4 nitrogen and oxygen atoms in total. The average molecular weight is 228 g/mol. The second kappa shape index (κ2) is 4.18. The highest BCUT2D eigenvalue weighted by molar-refractivity contribution is 7.92. The van der Waals surface area contributed by atoms with Crippen molar-refractivity contribution in [3.63, 3.8) is 0 Å². The molecule has 0 aliphatic heterocycles. The van der Waals surface area contributed by atoms with E-state index < -0.39 is 10.0 Å². The molecule has 0 aliphatic carbocycles. The van der Waals surface area contributed by atoms with Crippen LogP contribution < -0.4 is 4.31 Å². The summed E-state index contributed by atoms with van der Waals surface area (Å²) in [4.78, 5) is 4.29. The van der Waals surface area contributed by atoms with Gasteiger partial charge >= 0.3 is 0 Å². The monoisotopic (exact) mass is 228 g/mol. The predicted octanol–water partition coefficient (Wildman–Crippen LogP) is 1.60. The lowest BCUT2D eigenvalue weighted by Gasteiger charge is -2.16. The quantitative estimate of drug-likeness (QED) is 0.789. The van der Waals surface area contributed by atoms with Crippen molar-refractivity contribution < 1.29 is 8.42 Å². The van der Waals surface area contributed by atoms with E-state index in [0.29, 0.717) is 5.82 Å². The molecule has 0 N–H and O–H groups in total. The molecule has 15 heavy (non-hydrogen) atoms. The van der Waals surface area contributed by atoms with Crippen LogP contribution in [0.3, 0.4) is 0 Å². The van der Waals surface area contributed by atoms with Crippen LogP contribution in [0.15, 0.2) is 18.2 Å². The molecule has 0 spiro atoms. The van der Waals surface area contributed by atoms with E-state index in [0.717, 1.165) is 11.9 Å². The van der Waals surface area contributed by atoms with Crippen LogP contribution in [0, 0.1) is 0 Å². The molecule has 0 unspecified atom stereocenters. The third-order valence-electron chi connectivity index (χ3n) is 2.17. The van der Waals surface area contributed by atoms with Crippen LogP contribution >= 0.6 is 0 Å². The third kappa shape index (κ3) is 2.92. The molecule has 0 amide bonds. The lowest BCUT2D eigenvalue weighted by atomic mass is 10.1. The first-order chi connectivity index (χ1) is 6.82. The average Bonchev–Trinajstić information content (AvgIpc) is 2.15. The summed E-state index contributed by atoms with van der Waals surface area (Å²) in [7, 11) is -1.73. The summed E-state index contributed by atoms with van der Waals surface area (Å²) in [6, 6.07) is 5.40. The Hall–Kier alpha value is -1.10. The number of aromatic nitrogens is 1.